The van der Waals surface area contributed by atoms with Gasteiger partial charge in [0, 0.05) is 0 Å². The fourth-order valence-corrected chi connectivity index (χ4v) is 2.28. The van der Waals surface area contributed by atoms with Crippen LogP contribution < -0.4 is 0 Å². The van der Waals surface area contributed by atoms with Crippen molar-refractivity contribution in [2.45, 2.75) is 26.7 Å². The number of ether oxygens (including phenoxy) is 1. The minimum Gasteiger partial charge on any atom is -0.469 e. The maximum Gasteiger partial charge on any atom is 0.309 e. The third kappa shape index (κ3) is 1.93. The van der Waals surface area contributed by atoms with E-state index in [2.05, 4.69) is 13.5 Å². The molecule has 0 bridgehead atoms. The zero-order valence-corrected chi connectivity index (χ0v) is 8.67. The maximum atomic E-state index is 11.5. The van der Waals surface area contributed by atoms with E-state index in [1.807, 2.05) is 6.92 Å². The molecule has 0 radical (unpaired) electrons. The summed E-state index contributed by atoms with van der Waals surface area (Å²) in [6.07, 6.45) is 2.19. The Balaban J connectivity index is 2.76. The number of carbonyl (C=O) groups is 1. The van der Waals surface area contributed by atoms with Gasteiger partial charge in [0.2, 0.25) is 0 Å². The summed E-state index contributed by atoms with van der Waals surface area (Å²) < 4.78 is 4.80. The van der Waals surface area contributed by atoms with E-state index in [0.29, 0.717) is 11.8 Å². The van der Waals surface area contributed by atoms with Crippen molar-refractivity contribution in [1.82, 2.24) is 0 Å². The van der Waals surface area contributed by atoms with E-state index in [4.69, 9.17) is 4.74 Å². The van der Waals surface area contributed by atoms with Crippen LogP contribution in [-0.4, -0.2) is 13.1 Å². The minimum atomic E-state index is -0.0713. The van der Waals surface area contributed by atoms with Gasteiger partial charge in [-0.2, -0.15) is 0 Å². The van der Waals surface area contributed by atoms with Crippen molar-refractivity contribution in [2.75, 3.05) is 7.11 Å². The predicted molar refractivity (Wildman–Crippen MR) is 52.2 cm³/mol. The molecule has 0 spiro atoms. The molecule has 0 saturated heterocycles. The molecule has 74 valence electrons. The molecule has 1 rings (SSSR count). The second kappa shape index (κ2) is 3.95. The molecule has 0 aromatic rings. The summed E-state index contributed by atoms with van der Waals surface area (Å²) in [5.41, 5.74) is 1.11. The second-order valence-electron chi connectivity index (χ2n) is 4.06. The number of carbonyl (C=O) groups excluding carboxylic acids is 1. The predicted octanol–water partition coefficient (Wildman–Crippen LogP) is 2.40. The zero-order valence-electron chi connectivity index (χ0n) is 8.67. The van der Waals surface area contributed by atoms with Crippen LogP contribution >= 0.6 is 0 Å². The van der Waals surface area contributed by atoms with Gasteiger partial charge in [0.1, 0.15) is 0 Å². The van der Waals surface area contributed by atoms with Crippen molar-refractivity contribution < 1.29 is 9.53 Å². The number of methoxy groups -OCH3 is 1. The number of hydrogen-bond donors (Lipinski definition) is 0. The molecule has 13 heavy (non-hydrogen) atoms. The van der Waals surface area contributed by atoms with Crippen molar-refractivity contribution in [3.05, 3.63) is 12.2 Å². The molecule has 2 heteroatoms. The third-order valence-electron chi connectivity index (χ3n) is 3.09. The van der Waals surface area contributed by atoms with Gasteiger partial charge < -0.3 is 4.74 Å². The summed E-state index contributed by atoms with van der Waals surface area (Å²) in [5, 5.41) is 0. The molecule has 1 saturated carbocycles. The smallest absolute Gasteiger partial charge is 0.309 e. The molecule has 1 aliphatic carbocycles. The first-order valence-corrected chi connectivity index (χ1v) is 4.81. The Hall–Kier alpha value is -0.790. The average molecular weight is 182 g/mol. The topological polar surface area (TPSA) is 26.3 Å². The van der Waals surface area contributed by atoms with E-state index >= 15 is 0 Å². The van der Waals surface area contributed by atoms with Gasteiger partial charge in [-0.1, -0.05) is 19.1 Å². The Labute approximate surface area is 80.0 Å². The van der Waals surface area contributed by atoms with Gasteiger partial charge in [0.25, 0.3) is 0 Å². The second-order valence-corrected chi connectivity index (χ2v) is 4.06. The van der Waals surface area contributed by atoms with E-state index in [-0.39, 0.29) is 11.9 Å². The van der Waals surface area contributed by atoms with Crippen molar-refractivity contribution in [3.8, 4) is 0 Å². The van der Waals surface area contributed by atoms with Crippen LogP contribution in [0.1, 0.15) is 26.7 Å². The number of allylic oxidation sites excluding steroid dienone is 1. The van der Waals surface area contributed by atoms with E-state index in [1.54, 1.807) is 0 Å². The summed E-state index contributed by atoms with van der Waals surface area (Å²) in [5.74, 6) is 0.747. The molecule has 3 atom stereocenters. The van der Waals surface area contributed by atoms with Crippen molar-refractivity contribution in [1.29, 1.82) is 0 Å². The average Bonchev–Trinajstić information content (AvgIpc) is 2.46. The monoisotopic (exact) mass is 182 g/mol. The minimum absolute atomic E-state index is 0.0440. The quantitative estimate of drug-likeness (QED) is 0.484. The summed E-state index contributed by atoms with van der Waals surface area (Å²) in [6.45, 7) is 8.04. The molecule has 0 aliphatic heterocycles. The normalized spacial score (nSPS) is 33.0. The molecule has 1 fully saturated rings. The number of rotatable bonds is 2. The molecule has 0 heterocycles. The first-order chi connectivity index (χ1) is 6.07. The molecule has 0 unspecified atom stereocenters. The summed E-state index contributed by atoms with van der Waals surface area (Å²) in [6, 6.07) is 0. The largest absolute Gasteiger partial charge is 0.469 e. The van der Waals surface area contributed by atoms with Crippen LogP contribution in [0.3, 0.4) is 0 Å². The molecular weight excluding hydrogens is 164 g/mol. The van der Waals surface area contributed by atoms with Crippen molar-refractivity contribution in [3.63, 3.8) is 0 Å². The van der Waals surface area contributed by atoms with Crippen LogP contribution in [0.5, 0.6) is 0 Å². The van der Waals surface area contributed by atoms with Crippen LogP contribution in [0.15, 0.2) is 12.2 Å². The highest BCUT2D eigenvalue weighted by Crippen LogP contribution is 2.40. The van der Waals surface area contributed by atoms with Crippen LogP contribution in [0.2, 0.25) is 0 Å². The van der Waals surface area contributed by atoms with Gasteiger partial charge in [0.15, 0.2) is 0 Å². The molecule has 0 aromatic heterocycles. The summed E-state index contributed by atoms with van der Waals surface area (Å²) >= 11 is 0. The molecule has 0 amide bonds. The molecule has 2 nitrogen and oxygen atoms in total. The zero-order chi connectivity index (χ0) is 10.0. The first-order valence-electron chi connectivity index (χ1n) is 4.81. The Kier molecular flexibility index (Phi) is 3.12. The van der Waals surface area contributed by atoms with Crippen molar-refractivity contribution in [2.24, 2.45) is 17.8 Å². The Morgan fingerprint density at radius 1 is 1.46 bits per heavy atom. The lowest BCUT2D eigenvalue weighted by Crippen LogP contribution is -2.25. The Morgan fingerprint density at radius 3 is 2.54 bits per heavy atom. The van der Waals surface area contributed by atoms with Crippen LogP contribution in [-0.2, 0) is 9.53 Å². The van der Waals surface area contributed by atoms with Gasteiger partial charge in [0.05, 0.1) is 13.0 Å². The summed E-state index contributed by atoms with van der Waals surface area (Å²) in [7, 11) is 1.46. The standard InChI is InChI=1S/C11H18O2/c1-7(2)9-6-5-8(3)10(9)11(12)13-4/h8-10H,1,5-6H2,2-4H3/t8-,9-,10+/m0/s1. The SMILES string of the molecule is C=C(C)[C@@H]1CC[C@H](C)[C@H]1C(=O)OC. The van der Waals surface area contributed by atoms with E-state index < -0.39 is 0 Å². The van der Waals surface area contributed by atoms with Gasteiger partial charge in [-0.3, -0.25) is 4.79 Å². The van der Waals surface area contributed by atoms with Gasteiger partial charge >= 0.3 is 5.97 Å². The van der Waals surface area contributed by atoms with Crippen LogP contribution in [0.4, 0.5) is 0 Å². The fourth-order valence-electron chi connectivity index (χ4n) is 2.28. The Bertz CT molecular complexity index is 220. The van der Waals surface area contributed by atoms with Gasteiger partial charge in [-0.25, -0.2) is 0 Å². The third-order valence-corrected chi connectivity index (χ3v) is 3.09. The lowest BCUT2D eigenvalue weighted by Gasteiger charge is -2.20. The highest BCUT2D eigenvalue weighted by atomic mass is 16.5. The van der Waals surface area contributed by atoms with E-state index in [0.717, 1.165) is 18.4 Å². The van der Waals surface area contributed by atoms with Crippen molar-refractivity contribution >= 4 is 5.97 Å². The van der Waals surface area contributed by atoms with E-state index in [1.165, 1.54) is 7.11 Å². The van der Waals surface area contributed by atoms with Crippen LogP contribution in [0.25, 0.3) is 0 Å². The van der Waals surface area contributed by atoms with Crippen LogP contribution in [0, 0.1) is 17.8 Å². The molecule has 1 aliphatic rings. The van der Waals surface area contributed by atoms with E-state index in [9.17, 15) is 4.79 Å². The molecular formula is C11H18O2. The molecule has 0 N–H and O–H groups in total. The van der Waals surface area contributed by atoms with Gasteiger partial charge in [-0.15, -0.1) is 0 Å². The number of esters is 1. The fraction of sp³-hybridized carbons (Fsp3) is 0.727. The lowest BCUT2D eigenvalue weighted by molar-refractivity contribution is -0.147. The maximum absolute atomic E-state index is 11.5. The van der Waals surface area contributed by atoms with Gasteiger partial charge in [-0.05, 0) is 31.6 Å². The Morgan fingerprint density at radius 2 is 2.08 bits per heavy atom. The highest BCUT2D eigenvalue weighted by Gasteiger charge is 2.39. The summed E-state index contributed by atoms with van der Waals surface area (Å²) in [4.78, 5) is 11.5. The molecule has 0 aromatic carbocycles. The first kappa shape index (κ1) is 10.3. The highest BCUT2D eigenvalue weighted by molar-refractivity contribution is 5.73. The number of hydrogen-bond acceptors (Lipinski definition) is 2. The lowest BCUT2D eigenvalue weighted by atomic mass is 9.86.